The lowest BCUT2D eigenvalue weighted by atomic mass is 10.1. The predicted molar refractivity (Wildman–Crippen MR) is 111 cm³/mol. The number of hydrogen-bond donors (Lipinski definition) is 1. The molecule has 0 radical (unpaired) electrons. The Hall–Kier alpha value is -3.78. The Bertz CT molecular complexity index is 1260. The molecule has 0 saturated carbocycles. The van der Waals surface area contributed by atoms with Gasteiger partial charge in [0.15, 0.2) is 5.78 Å². The van der Waals surface area contributed by atoms with E-state index in [4.69, 9.17) is 0 Å². The van der Waals surface area contributed by atoms with Gasteiger partial charge in [0.25, 0.3) is 21.8 Å². The van der Waals surface area contributed by atoms with Crippen LogP contribution in [-0.4, -0.2) is 26.0 Å². The maximum absolute atomic E-state index is 12.8. The summed E-state index contributed by atoms with van der Waals surface area (Å²) in [6, 6.07) is 18.1. The number of anilines is 2. The third-order valence-electron chi connectivity index (χ3n) is 4.72. The van der Waals surface area contributed by atoms with E-state index in [1.165, 1.54) is 55.5 Å². The van der Waals surface area contributed by atoms with Crippen molar-refractivity contribution in [1.82, 2.24) is 0 Å². The van der Waals surface area contributed by atoms with E-state index < -0.39 is 21.8 Å². The molecule has 0 fully saturated rings. The third-order valence-corrected chi connectivity index (χ3v) is 6.10. The Labute approximate surface area is 173 Å². The molecule has 0 unspecified atom stereocenters. The molecular weight excluding hydrogens is 404 g/mol. The zero-order valence-electron chi connectivity index (χ0n) is 15.8. The minimum absolute atomic E-state index is 0.104. The fourth-order valence-electron chi connectivity index (χ4n) is 3.20. The Balaban J connectivity index is 1.64. The second-order valence-electron chi connectivity index (χ2n) is 6.73. The van der Waals surface area contributed by atoms with Crippen LogP contribution in [0.15, 0.2) is 77.7 Å². The van der Waals surface area contributed by atoms with Gasteiger partial charge in [-0.25, -0.2) is 13.3 Å². The molecule has 7 nitrogen and oxygen atoms in total. The molecule has 1 heterocycles. The minimum Gasteiger partial charge on any atom is -0.295 e. The molecule has 0 spiro atoms. The Morgan fingerprint density at radius 2 is 1.43 bits per heavy atom. The zero-order chi connectivity index (χ0) is 21.5. The fraction of sp³-hybridized carbons (Fsp3) is 0.0455. The molecule has 1 aliphatic rings. The van der Waals surface area contributed by atoms with Crippen LogP contribution in [0.25, 0.3) is 0 Å². The number of nitrogens with zero attached hydrogens (tertiary/aromatic N) is 1. The lowest BCUT2D eigenvalue weighted by molar-refractivity contribution is 0.0924. The molecule has 1 aliphatic heterocycles. The van der Waals surface area contributed by atoms with E-state index in [0.29, 0.717) is 5.56 Å². The Morgan fingerprint density at radius 1 is 0.833 bits per heavy atom. The maximum Gasteiger partial charge on any atom is 0.266 e. The number of benzene rings is 3. The first-order valence-electron chi connectivity index (χ1n) is 8.99. The lowest BCUT2D eigenvalue weighted by Crippen LogP contribution is -2.29. The molecular formula is C22H16N2O5S. The van der Waals surface area contributed by atoms with Crippen LogP contribution in [0.4, 0.5) is 11.4 Å². The van der Waals surface area contributed by atoms with E-state index >= 15 is 0 Å². The number of ketones is 1. The van der Waals surface area contributed by atoms with Crippen LogP contribution in [0.1, 0.15) is 38.0 Å². The summed E-state index contributed by atoms with van der Waals surface area (Å²) in [5.41, 5.74) is 1.46. The second kappa shape index (κ2) is 7.23. The fourth-order valence-corrected chi connectivity index (χ4v) is 4.30. The van der Waals surface area contributed by atoms with Gasteiger partial charge in [0.2, 0.25) is 0 Å². The van der Waals surface area contributed by atoms with Gasteiger partial charge in [-0.3, -0.25) is 19.1 Å². The quantitative estimate of drug-likeness (QED) is 0.503. The molecule has 30 heavy (non-hydrogen) atoms. The van der Waals surface area contributed by atoms with Crippen molar-refractivity contribution in [3.8, 4) is 0 Å². The van der Waals surface area contributed by atoms with Crippen LogP contribution in [-0.2, 0) is 10.0 Å². The average molecular weight is 420 g/mol. The number of sulfonamides is 1. The first-order valence-corrected chi connectivity index (χ1v) is 10.5. The van der Waals surface area contributed by atoms with Gasteiger partial charge in [-0.15, -0.1) is 0 Å². The molecule has 0 aromatic heterocycles. The van der Waals surface area contributed by atoms with E-state index in [9.17, 15) is 22.8 Å². The van der Waals surface area contributed by atoms with Gasteiger partial charge in [0.1, 0.15) is 0 Å². The highest BCUT2D eigenvalue weighted by molar-refractivity contribution is 7.92. The summed E-state index contributed by atoms with van der Waals surface area (Å²) in [4.78, 5) is 37.5. The summed E-state index contributed by atoms with van der Waals surface area (Å²) < 4.78 is 28.0. The minimum atomic E-state index is -3.99. The summed E-state index contributed by atoms with van der Waals surface area (Å²) in [5, 5.41) is 0. The summed E-state index contributed by atoms with van der Waals surface area (Å²) in [6.45, 7) is 1.42. The van der Waals surface area contributed by atoms with Gasteiger partial charge in [-0.2, -0.15) is 0 Å². The summed E-state index contributed by atoms with van der Waals surface area (Å²) in [6.07, 6.45) is 0. The lowest BCUT2D eigenvalue weighted by Gasteiger charge is -2.15. The molecule has 4 rings (SSSR count). The number of nitrogens with one attached hydrogen (secondary N) is 1. The van der Waals surface area contributed by atoms with Gasteiger partial charge in [0, 0.05) is 11.3 Å². The number of Topliss-reactive ketones (excluding diaryl/α,β-unsaturated/α-hetero) is 1. The smallest absolute Gasteiger partial charge is 0.266 e. The van der Waals surface area contributed by atoms with Crippen molar-refractivity contribution in [2.45, 2.75) is 11.8 Å². The van der Waals surface area contributed by atoms with Crippen molar-refractivity contribution in [2.24, 2.45) is 0 Å². The van der Waals surface area contributed by atoms with E-state index in [-0.39, 0.29) is 33.2 Å². The number of hydrogen-bond acceptors (Lipinski definition) is 5. The highest BCUT2D eigenvalue weighted by atomic mass is 32.2. The number of rotatable bonds is 5. The topological polar surface area (TPSA) is 101 Å². The van der Waals surface area contributed by atoms with Crippen molar-refractivity contribution in [2.75, 3.05) is 9.62 Å². The van der Waals surface area contributed by atoms with Crippen LogP contribution < -0.4 is 9.62 Å². The van der Waals surface area contributed by atoms with E-state index in [0.717, 1.165) is 4.90 Å². The van der Waals surface area contributed by atoms with Crippen LogP contribution in [0.5, 0.6) is 0 Å². The highest BCUT2D eigenvalue weighted by Gasteiger charge is 2.36. The van der Waals surface area contributed by atoms with Gasteiger partial charge in [-0.05, 0) is 61.5 Å². The Kier molecular flexibility index (Phi) is 4.71. The number of imide groups is 1. The van der Waals surface area contributed by atoms with Crippen LogP contribution in [0, 0.1) is 0 Å². The van der Waals surface area contributed by atoms with Crippen molar-refractivity contribution < 1.29 is 22.8 Å². The van der Waals surface area contributed by atoms with Crippen molar-refractivity contribution >= 4 is 39.0 Å². The van der Waals surface area contributed by atoms with Gasteiger partial charge < -0.3 is 0 Å². The largest absolute Gasteiger partial charge is 0.295 e. The first-order chi connectivity index (χ1) is 14.3. The van der Waals surface area contributed by atoms with Gasteiger partial charge in [0.05, 0.1) is 21.7 Å². The zero-order valence-corrected chi connectivity index (χ0v) is 16.6. The number of carbonyl (C=O) groups is 3. The molecule has 3 aromatic carbocycles. The van der Waals surface area contributed by atoms with Gasteiger partial charge >= 0.3 is 0 Å². The summed E-state index contributed by atoms with van der Waals surface area (Å²) in [5.74, 6) is -1.13. The SMILES string of the molecule is CC(=O)c1ccc(NS(=O)(=O)c2cccc(N3C(=O)c4ccccc4C3=O)c2)cc1. The van der Waals surface area contributed by atoms with E-state index in [1.807, 2.05) is 0 Å². The number of carbonyl (C=O) groups excluding carboxylic acids is 3. The molecule has 0 saturated heterocycles. The van der Waals surface area contributed by atoms with Crippen molar-refractivity contribution in [3.63, 3.8) is 0 Å². The Morgan fingerprint density at radius 3 is 2.00 bits per heavy atom. The van der Waals surface area contributed by atoms with E-state index in [2.05, 4.69) is 4.72 Å². The van der Waals surface area contributed by atoms with Gasteiger partial charge in [-0.1, -0.05) is 18.2 Å². The third kappa shape index (κ3) is 3.37. The number of fused-ring (bicyclic) bond motifs is 1. The van der Waals surface area contributed by atoms with Crippen molar-refractivity contribution in [3.05, 3.63) is 89.5 Å². The molecule has 0 aliphatic carbocycles. The summed E-state index contributed by atoms with van der Waals surface area (Å²) in [7, 11) is -3.99. The maximum atomic E-state index is 12.8. The van der Waals surface area contributed by atoms with Crippen LogP contribution >= 0.6 is 0 Å². The first kappa shape index (κ1) is 19.5. The molecule has 150 valence electrons. The molecule has 0 atom stereocenters. The highest BCUT2D eigenvalue weighted by Crippen LogP contribution is 2.30. The normalized spacial score (nSPS) is 13.3. The molecule has 2 amide bonds. The standard InChI is InChI=1S/C22H16N2O5S/c1-14(25)15-9-11-16(12-10-15)23-30(28,29)18-6-4-5-17(13-18)24-21(26)19-7-2-3-8-20(19)22(24)27/h2-13,23H,1H3. The second-order valence-corrected chi connectivity index (χ2v) is 8.41. The molecule has 0 bridgehead atoms. The molecule has 3 aromatic rings. The summed E-state index contributed by atoms with van der Waals surface area (Å²) >= 11 is 0. The molecule has 8 heteroatoms. The van der Waals surface area contributed by atoms with E-state index in [1.54, 1.807) is 24.3 Å². The molecule has 1 N–H and O–H groups in total. The predicted octanol–water partition coefficient (Wildman–Crippen LogP) is 3.49. The average Bonchev–Trinajstić information content (AvgIpc) is 2.99. The monoisotopic (exact) mass is 420 g/mol. The van der Waals surface area contributed by atoms with Crippen molar-refractivity contribution in [1.29, 1.82) is 0 Å². The van der Waals surface area contributed by atoms with Crippen LogP contribution in [0.2, 0.25) is 0 Å². The van der Waals surface area contributed by atoms with Crippen LogP contribution in [0.3, 0.4) is 0 Å². The number of amides is 2.